The lowest BCUT2D eigenvalue weighted by atomic mass is 10.1. The minimum Gasteiger partial charge on any atom is -0.492 e. The number of hydrogen-bond acceptors (Lipinski definition) is 5. The summed E-state index contributed by atoms with van der Waals surface area (Å²) in [7, 11) is 0. The number of hydrogen-bond donors (Lipinski definition) is 2. The topological polar surface area (TPSA) is 75.7 Å². The van der Waals surface area contributed by atoms with Gasteiger partial charge in [0.25, 0.3) is 0 Å². The molecule has 7 heteroatoms. The maximum atomic E-state index is 12.5. The quantitative estimate of drug-likeness (QED) is 0.274. The van der Waals surface area contributed by atoms with Crippen LogP contribution in [0.4, 0.5) is 10.5 Å². The molecule has 2 N–H and O–H groups in total. The van der Waals surface area contributed by atoms with Crippen LogP contribution in [0.3, 0.4) is 0 Å². The van der Waals surface area contributed by atoms with Gasteiger partial charge in [-0.3, -0.25) is 9.88 Å². The Morgan fingerprint density at radius 2 is 1.66 bits per heavy atom. The first-order valence-corrected chi connectivity index (χ1v) is 13.3. The summed E-state index contributed by atoms with van der Waals surface area (Å²) in [5, 5.41) is 7.69. The number of likely N-dealkylation sites (tertiary alicyclic amines) is 1. The fourth-order valence-corrected chi connectivity index (χ4v) is 4.68. The Kier molecular flexibility index (Phi) is 8.69. The third-order valence-corrected chi connectivity index (χ3v) is 6.75. The normalized spacial score (nSPS) is 13.7. The van der Waals surface area contributed by atoms with Crippen molar-refractivity contribution in [3.63, 3.8) is 0 Å². The van der Waals surface area contributed by atoms with Crippen molar-refractivity contribution in [1.29, 1.82) is 0 Å². The van der Waals surface area contributed by atoms with Gasteiger partial charge in [0.05, 0.1) is 5.69 Å². The molecule has 0 spiro atoms. The molecule has 2 heterocycles. The van der Waals surface area contributed by atoms with Gasteiger partial charge in [-0.15, -0.1) is 0 Å². The van der Waals surface area contributed by atoms with Crippen LogP contribution in [0, 0.1) is 0 Å². The minimum absolute atomic E-state index is 0.272. The van der Waals surface area contributed by atoms with Gasteiger partial charge in [0.2, 0.25) is 0 Å². The second kappa shape index (κ2) is 12.9. The third kappa shape index (κ3) is 7.01. The molecule has 3 aromatic carbocycles. The summed E-state index contributed by atoms with van der Waals surface area (Å²) in [6.07, 6.45) is 7.39. The number of nitrogens with one attached hydrogen (secondary N) is 2. The zero-order valence-electron chi connectivity index (χ0n) is 21.6. The summed E-state index contributed by atoms with van der Waals surface area (Å²) < 4.78 is 12.1. The van der Waals surface area contributed by atoms with Crippen molar-refractivity contribution in [2.24, 2.45) is 0 Å². The first-order valence-electron chi connectivity index (χ1n) is 13.3. The van der Waals surface area contributed by atoms with Crippen LogP contribution >= 0.6 is 0 Å². The summed E-state index contributed by atoms with van der Waals surface area (Å²) in [6.45, 7) is 4.91. The first-order chi connectivity index (χ1) is 18.7. The molecule has 0 atom stereocenters. The van der Waals surface area contributed by atoms with Crippen LogP contribution in [0.15, 0.2) is 85.2 Å². The molecule has 0 saturated carbocycles. The van der Waals surface area contributed by atoms with E-state index in [1.807, 2.05) is 72.8 Å². The number of nitrogens with zero attached hydrogens (tertiary/aromatic N) is 2. The number of carbonyl (C=O) groups excluding carboxylic acids is 1. The standard InChI is InChI=1S/C31H34N4O3/c36-31(33-22-25-7-6-16-32-21-25)34-29-14-15-30(28-9-3-2-8-27(28)29)38-23-24-10-12-26(13-11-24)37-20-19-35-17-4-1-5-18-35/h2-3,6-16,21H,1,4-5,17-20,22-23H2,(H2,33,34,36). The van der Waals surface area contributed by atoms with Crippen molar-refractivity contribution in [2.75, 3.05) is 31.6 Å². The van der Waals surface area contributed by atoms with E-state index in [9.17, 15) is 4.79 Å². The van der Waals surface area contributed by atoms with Gasteiger partial charge in [0.15, 0.2) is 0 Å². The first kappa shape index (κ1) is 25.5. The highest BCUT2D eigenvalue weighted by Gasteiger charge is 2.11. The van der Waals surface area contributed by atoms with Gasteiger partial charge in [-0.05, 0) is 67.4 Å². The smallest absolute Gasteiger partial charge is 0.319 e. The van der Waals surface area contributed by atoms with Gasteiger partial charge in [-0.1, -0.05) is 48.9 Å². The third-order valence-electron chi connectivity index (χ3n) is 6.75. The average molecular weight is 511 g/mol. The molecule has 0 bridgehead atoms. The van der Waals surface area contributed by atoms with E-state index in [1.54, 1.807) is 12.4 Å². The maximum Gasteiger partial charge on any atom is 0.319 e. The highest BCUT2D eigenvalue weighted by atomic mass is 16.5. The van der Waals surface area contributed by atoms with E-state index in [4.69, 9.17) is 9.47 Å². The van der Waals surface area contributed by atoms with Crippen LogP contribution < -0.4 is 20.1 Å². The summed E-state index contributed by atoms with van der Waals surface area (Å²) in [6, 6.07) is 23.3. The van der Waals surface area contributed by atoms with E-state index in [2.05, 4.69) is 20.5 Å². The van der Waals surface area contributed by atoms with Crippen LogP contribution in [-0.4, -0.2) is 42.2 Å². The number of amides is 2. The zero-order valence-corrected chi connectivity index (χ0v) is 21.6. The highest BCUT2D eigenvalue weighted by molar-refractivity contribution is 6.03. The Balaban J connectivity index is 1.15. The van der Waals surface area contributed by atoms with Crippen molar-refractivity contribution >= 4 is 22.5 Å². The number of carbonyl (C=O) groups is 1. The molecule has 1 aliphatic rings. The molecule has 196 valence electrons. The Morgan fingerprint density at radius 1 is 0.842 bits per heavy atom. The van der Waals surface area contributed by atoms with Crippen molar-refractivity contribution in [3.8, 4) is 11.5 Å². The second-order valence-corrected chi connectivity index (χ2v) is 9.51. The molecule has 2 amide bonds. The predicted molar refractivity (Wildman–Crippen MR) is 151 cm³/mol. The molecule has 1 fully saturated rings. The monoisotopic (exact) mass is 510 g/mol. The van der Waals surface area contributed by atoms with Crippen molar-refractivity contribution in [1.82, 2.24) is 15.2 Å². The van der Waals surface area contributed by atoms with Crippen LogP contribution in [-0.2, 0) is 13.2 Å². The number of piperidine rings is 1. The average Bonchev–Trinajstić information content (AvgIpc) is 2.97. The second-order valence-electron chi connectivity index (χ2n) is 9.51. The fraction of sp³-hybridized carbons (Fsp3) is 0.290. The van der Waals surface area contributed by atoms with E-state index >= 15 is 0 Å². The molecule has 0 aliphatic carbocycles. The van der Waals surface area contributed by atoms with E-state index in [1.165, 1.54) is 32.4 Å². The molecule has 0 radical (unpaired) electrons. The van der Waals surface area contributed by atoms with Crippen LogP contribution in [0.25, 0.3) is 10.8 Å². The van der Waals surface area contributed by atoms with Crippen molar-refractivity contribution in [3.05, 3.63) is 96.3 Å². The summed E-state index contributed by atoms with van der Waals surface area (Å²) in [4.78, 5) is 19.1. The molecule has 0 unspecified atom stereocenters. The molecular weight excluding hydrogens is 476 g/mol. The van der Waals surface area contributed by atoms with Gasteiger partial charge in [0, 0.05) is 36.3 Å². The Hall–Kier alpha value is -4.10. The summed E-state index contributed by atoms with van der Waals surface area (Å²) in [5.74, 6) is 1.65. The zero-order chi connectivity index (χ0) is 26.0. The van der Waals surface area contributed by atoms with E-state index in [-0.39, 0.29) is 6.03 Å². The lowest BCUT2D eigenvalue weighted by molar-refractivity contribution is 0.183. The number of rotatable bonds is 10. The maximum absolute atomic E-state index is 12.5. The number of fused-ring (bicyclic) bond motifs is 1. The molecule has 1 aliphatic heterocycles. The van der Waals surface area contributed by atoms with Crippen LogP contribution in [0.1, 0.15) is 30.4 Å². The molecule has 5 rings (SSSR count). The van der Waals surface area contributed by atoms with Gasteiger partial charge in [-0.2, -0.15) is 0 Å². The van der Waals surface area contributed by atoms with Crippen molar-refractivity contribution in [2.45, 2.75) is 32.4 Å². The number of urea groups is 1. The number of anilines is 1. The highest BCUT2D eigenvalue weighted by Crippen LogP contribution is 2.32. The predicted octanol–water partition coefficient (Wildman–Crippen LogP) is 6.00. The number of aromatic nitrogens is 1. The Labute approximate surface area is 223 Å². The van der Waals surface area contributed by atoms with Crippen LogP contribution in [0.5, 0.6) is 11.5 Å². The van der Waals surface area contributed by atoms with E-state index in [0.29, 0.717) is 19.8 Å². The fourth-order valence-electron chi connectivity index (χ4n) is 4.68. The van der Waals surface area contributed by atoms with E-state index in [0.717, 1.165) is 45.6 Å². The summed E-state index contributed by atoms with van der Waals surface area (Å²) >= 11 is 0. The molecule has 7 nitrogen and oxygen atoms in total. The largest absolute Gasteiger partial charge is 0.492 e. The lowest BCUT2D eigenvalue weighted by Crippen LogP contribution is -2.33. The number of pyridine rings is 1. The molecule has 4 aromatic rings. The number of ether oxygens (including phenoxy) is 2. The molecular formula is C31H34N4O3. The van der Waals surface area contributed by atoms with Crippen molar-refractivity contribution < 1.29 is 14.3 Å². The van der Waals surface area contributed by atoms with Gasteiger partial charge in [-0.25, -0.2) is 4.79 Å². The van der Waals surface area contributed by atoms with Gasteiger partial charge >= 0.3 is 6.03 Å². The molecule has 1 aromatic heterocycles. The lowest BCUT2D eigenvalue weighted by Gasteiger charge is -2.26. The van der Waals surface area contributed by atoms with Crippen LogP contribution in [0.2, 0.25) is 0 Å². The van der Waals surface area contributed by atoms with Gasteiger partial charge < -0.3 is 20.1 Å². The molecule has 38 heavy (non-hydrogen) atoms. The Morgan fingerprint density at radius 3 is 2.45 bits per heavy atom. The minimum atomic E-state index is -0.272. The number of benzene rings is 3. The van der Waals surface area contributed by atoms with Gasteiger partial charge in [0.1, 0.15) is 24.7 Å². The SMILES string of the molecule is O=C(NCc1cccnc1)Nc1ccc(OCc2ccc(OCCN3CCCCC3)cc2)c2ccccc12. The summed E-state index contributed by atoms with van der Waals surface area (Å²) in [5.41, 5.74) is 2.73. The Bertz CT molecular complexity index is 1320. The molecule has 1 saturated heterocycles. The van der Waals surface area contributed by atoms with E-state index < -0.39 is 0 Å².